The van der Waals surface area contributed by atoms with Crippen LogP contribution in [0.2, 0.25) is 0 Å². The van der Waals surface area contributed by atoms with Crippen molar-refractivity contribution in [3.63, 3.8) is 0 Å². The molecule has 0 radical (unpaired) electrons. The van der Waals surface area contributed by atoms with Crippen LogP contribution in [-0.4, -0.2) is 0 Å². The molecule has 31 heavy (non-hydrogen) atoms. The third kappa shape index (κ3) is 3.23. The van der Waals surface area contributed by atoms with Gasteiger partial charge in [0.15, 0.2) is 6.20 Å². The number of para-hydroxylation sites is 1. The van der Waals surface area contributed by atoms with Crippen molar-refractivity contribution in [2.24, 2.45) is 7.05 Å². The van der Waals surface area contributed by atoms with E-state index in [9.17, 15) is 0 Å². The summed E-state index contributed by atoms with van der Waals surface area (Å²) in [6, 6.07) is 26.0. The first kappa shape index (κ1) is 19.6. The Hall–Kier alpha value is -3.39. The molecule has 0 saturated heterocycles. The zero-order valence-electron chi connectivity index (χ0n) is 18.9. The minimum atomic E-state index is 0.140. The number of furan rings is 1. The van der Waals surface area contributed by atoms with Crippen molar-refractivity contribution in [3.8, 4) is 22.4 Å². The van der Waals surface area contributed by atoms with Crippen LogP contribution in [0.5, 0.6) is 0 Å². The van der Waals surface area contributed by atoms with Gasteiger partial charge in [0, 0.05) is 28.5 Å². The maximum atomic E-state index is 6.64. The molecule has 3 aromatic carbocycles. The summed E-state index contributed by atoms with van der Waals surface area (Å²) in [7, 11) is 2.08. The van der Waals surface area contributed by atoms with Crippen molar-refractivity contribution in [1.82, 2.24) is 0 Å². The Bertz CT molecular complexity index is 1420. The lowest BCUT2D eigenvalue weighted by molar-refractivity contribution is -0.660. The van der Waals surface area contributed by atoms with Crippen LogP contribution in [0.4, 0.5) is 0 Å². The first-order valence-electron chi connectivity index (χ1n) is 10.9. The van der Waals surface area contributed by atoms with Gasteiger partial charge in [0.2, 0.25) is 5.69 Å². The van der Waals surface area contributed by atoms with Gasteiger partial charge in [-0.05, 0) is 35.1 Å². The number of aromatic nitrogens is 1. The van der Waals surface area contributed by atoms with Crippen molar-refractivity contribution in [2.45, 2.75) is 33.1 Å². The Morgan fingerprint density at radius 1 is 0.742 bits per heavy atom. The van der Waals surface area contributed by atoms with Crippen molar-refractivity contribution in [2.75, 3.05) is 0 Å². The van der Waals surface area contributed by atoms with Crippen LogP contribution in [0, 0.1) is 6.92 Å². The molecule has 0 aliphatic carbocycles. The van der Waals surface area contributed by atoms with Gasteiger partial charge in [0.1, 0.15) is 18.2 Å². The summed E-state index contributed by atoms with van der Waals surface area (Å²) in [5.74, 6) is 0. The number of aryl methyl sites for hydroxylation is 2. The molecule has 0 aliphatic rings. The van der Waals surface area contributed by atoms with E-state index >= 15 is 0 Å². The van der Waals surface area contributed by atoms with Gasteiger partial charge >= 0.3 is 0 Å². The molecular weight excluding hydrogens is 378 g/mol. The molecule has 2 heteroatoms. The molecule has 0 spiro atoms. The summed E-state index contributed by atoms with van der Waals surface area (Å²) < 4.78 is 8.80. The quantitative estimate of drug-likeness (QED) is 0.280. The van der Waals surface area contributed by atoms with Crippen LogP contribution < -0.4 is 4.57 Å². The van der Waals surface area contributed by atoms with Crippen LogP contribution in [0.15, 0.2) is 83.4 Å². The molecule has 2 aromatic heterocycles. The van der Waals surface area contributed by atoms with Gasteiger partial charge in [0.05, 0.1) is 5.56 Å². The van der Waals surface area contributed by atoms with E-state index in [4.69, 9.17) is 4.42 Å². The van der Waals surface area contributed by atoms with Crippen LogP contribution in [-0.2, 0) is 12.5 Å². The number of fused-ring (bicyclic) bond motifs is 3. The fourth-order valence-corrected chi connectivity index (χ4v) is 4.44. The average Bonchev–Trinajstić information content (AvgIpc) is 3.12. The summed E-state index contributed by atoms with van der Waals surface area (Å²) >= 11 is 0. The number of rotatable bonds is 2. The van der Waals surface area contributed by atoms with Gasteiger partial charge in [-0.3, -0.25) is 0 Å². The van der Waals surface area contributed by atoms with Gasteiger partial charge in [-0.15, -0.1) is 0 Å². The van der Waals surface area contributed by atoms with Gasteiger partial charge in [-0.2, -0.15) is 0 Å². The Labute approximate surface area is 183 Å². The number of nitrogens with zero attached hydrogens (tertiary/aromatic N) is 1. The first-order chi connectivity index (χ1) is 14.8. The van der Waals surface area contributed by atoms with E-state index in [1.807, 2.05) is 0 Å². The summed E-state index contributed by atoms with van der Waals surface area (Å²) in [6.45, 7) is 8.89. The molecule has 154 valence electrons. The number of pyridine rings is 1. The maximum absolute atomic E-state index is 6.64. The molecule has 2 nitrogen and oxygen atoms in total. The van der Waals surface area contributed by atoms with Gasteiger partial charge in [0.25, 0.3) is 0 Å². The van der Waals surface area contributed by atoms with Gasteiger partial charge in [-0.1, -0.05) is 75.4 Å². The second-order valence-electron chi connectivity index (χ2n) is 9.44. The third-order valence-corrected chi connectivity index (χ3v) is 6.25. The van der Waals surface area contributed by atoms with Crippen molar-refractivity contribution < 1.29 is 8.98 Å². The van der Waals surface area contributed by atoms with Crippen LogP contribution in [0.25, 0.3) is 44.3 Å². The van der Waals surface area contributed by atoms with Gasteiger partial charge < -0.3 is 4.42 Å². The van der Waals surface area contributed by atoms with E-state index in [0.717, 1.165) is 38.8 Å². The second-order valence-corrected chi connectivity index (χ2v) is 9.44. The molecule has 2 heterocycles. The lowest BCUT2D eigenvalue weighted by Gasteiger charge is -2.19. The van der Waals surface area contributed by atoms with E-state index in [2.05, 4.69) is 118 Å². The topological polar surface area (TPSA) is 17.0 Å². The van der Waals surface area contributed by atoms with E-state index < -0.39 is 0 Å². The molecule has 0 amide bonds. The van der Waals surface area contributed by atoms with Crippen LogP contribution >= 0.6 is 0 Å². The van der Waals surface area contributed by atoms with Crippen molar-refractivity contribution in [3.05, 3.63) is 90.1 Å². The molecule has 5 aromatic rings. The lowest BCUT2D eigenvalue weighted by Crippen LogP contribution is -2.30. The molecule has 0 fully saturated rings. The molecule has 0 N–H and O–H groups in total. The summed E-state index contributed by atoms with van der Waals surface area (Å²) in [6.07, 6.45) is 2.08. The molecule has 0 atom stereocenters. The predicted molar refractivity (Wildman–Crippen MR) is 129 cm³/mol. The lowest BCUT2D eigenvalue weighted by atomic mass is 9.86. The normalized spacial score (nSPS) is 12.0. The first-order valence-corrected chi connectivity index (χ1v) is 10.9. The number of benzene rings is 3. The number of hydrogen-bond donors (Lipinski definition) is 0. The zero-order chi connectivity index (χ0) is 21.8. The Kier molecular flexibility index (Phi) is 4.48. The SMILES string of the molecule is Cc1ccc2c(oc3c(-c4ccc(C(C)(C)C)cc4)cccc32)c1-c1cccc[n+]1C. The van der Waals surface area contributed by atoms with Crippen LogP contribution in [0.3, 0.4) is 0 Å². The van der Waals surface area contributed by atoms with E-state index in [1.165, 1.54) is 16.7 Å². The molecule has 0 unspecified atom stereocenters. The van der Waals surface area contributed by atoms with Crippen molar-refractivity contribution in [1.29, 1.82) is 0 Å². The predicted octanol–water partition coefficient (Wildman–Crippen LogP) is 7.35. The van der Waals surface area contributed by atoms with E-state index in [-0.39, 0.29) is 5.41 Å². The Balaban J connectivity index is 1.77. The molecule has 0 bridgehead atoms. The molecule has 0 saturated carbocycles. The zero-order valence-corrected chi connectivity index (χ0v) is 18.9. The second kappa shape index (κ2) is 7.09. The fourth-order valence-electron chi connectivity index (χ4n) is 4.44. The highest BCUT2D eigenvalue weighted by Crippen LogP contribution is 2.40. The smallest absolute Gasteiger partial charge is 0.216 e. The summed E-state index contributed by atoms with van der Waals surface area (Å²) in [5, 5.41) is 2.32. The molecule has 5 rings (SSSR count). The van der Waals surface area contributed by atoms with Crippen LogP contribution in [0.1, 0.15) is 31.9 Å². The summed E-state index contributed by atoms with van der Waals surface area (Å²) in [5.41, 5.74) is 9.22. The average molecular weight is 407 g/mol. The third-order valence-electron chi connectivity index (χ3n) is 6.25. The Morgan fingerprint density at radius 3 is 2.19 bits per heavy atom. The monoisotopic (exact) mass is 406 g/mol. The largest absolute Gasteiger partial charge is 0.454 e. The highest BCUT2D eigenvalue weighted by Gasteiger charge is 2.21. The maximum Gasteiger partial charge on any atom is 0.216 e. The van der Waals surface area contributed by atoms with E-state index in [0.29, 0.717) is 0 Å². The standard InChI is InChI=1S/C29H28NO/c1-19-12-17-24-23-10-8-9-22(20-13-15-21(16-14-20)29(2,3)4)27(23)31-28(24)26(19)25-11-6-7-18-30(25)5/h6-18H,1-5H3/q+1. The fraction of sp³-hybridized carbons (Fsp3) is 0.207. The van der Waals surface area contributed by atoms with Gasteiger partial charge in [-0.25, -0.2) is 4.57 Å². The minimum Gasteiger partial charge on any atom is -0.454 e. The van der Waals surface area contributed by atoms with Crippen molar-refractivity contribution >= 4 is 21.9 Å². The summed E-state index contributed by atoms with van der Waals surface area (Å²) in [4.78, 5) is 0. The van der Waals surface area contributed by atoms with E-state index in [1.54, 1.807) is 0 Å². The highest BCUT2D eigenvalue weighted by atomic mass is 16.3. The molecular formula is C29H28NO+. The highest BCUT2D eigenvalue weighted by molar-refractivity contribution is 6.13. The molecule has 0 aliphatic heterocycles. The minimum absolute atomic E-state index is 0.140. The number of hydrogen-bond acceptors (Lipinski definition) is 1. The Morgan fingerprint density at radius 2 is 1.48 bits per heavy atom.